The first-order valence-corrected chi connectivity index (χ1v) is 13.3. The molecule has 9 aromatic carbocycles. The van der Waals surface area contributed by atoms with E-state index in [0.717, 1.165) is 0 Å². The molecular weight excluding hydrogens is 456 g/mol. The minimum Gasteiger partial charge on any atom is -0.0610 e. The van der Waals surface area contributed by atoms with Gasteiger partial charge >= 0.3 is 0 Å². The molecule has 9 rings (SSSR count). The Bertz CT molecular complexity index is 2300. The summed E-state index contributed by atoms with van der Waals surface area (Å²) in [6.45, 7) is 0. The topological polar surface area (TPSA) is 0 Å². The van der Waals surface area contributed by atoms with Crippen molar-refractivity contribution in [2.45, 2.75) is 0 Å². The van der Waals surface area contributed by atoms with Crippen molar-refractivity contribution in [1.29, 1.82) is 0 Å². The lowest BCUT2D eigenvalue weighted by Crippen LogP contribution is -1.89. The summed E-state index contributed by atoms with van der Waals surface area (Å²) in [6, 6.07) is 49.6. The molecule has 0 nitrogen and oxygen atoms in total. The summed E-state index contributed by atoms with van der Waals surface area (Å²) in [5.74, 6) is 0. The second-order valence-corrected chi connectivity index (χ2v) is 10.5. The summed E-state index contributed by atoms with van der Waals surface area (Å²) in [5, 5.41) is 16.0. The van der Waals surface area contributed by atoms with Crippen LogP contribution in [0.2, 0.25) is 0 Å². The lowest BCUT2D eigenvalue weighted by atomic mass is 9.87. The first kappa shape index (κ1) is 20.2. The van der Waals surface area contributed by atoms with Crippen molar-refractivity contribution in [3.05, 3.63) is 133 Å². The molecule has 0 heteroatoms. The van der Waals surface area contributed by atoms with Gasteiger partial charge in [0, 0.05) is 0 Å². The summed E-state index contributed by atoms with van der Waals surface area (Å²) < 4.78 is 0. The third-order valence-corrected chi connectivity index (χ3v) is 8.54. The fraction of sp³-hybridized carbons (Fsp3) is 0. The van der Waals surface area contributed by atoms with Crippen molar-refractivity contribution < 1.29 is 0 Å². The number of benzene rings is 9. The van der Waals surface area contributed by atoms with E-state index in [2.05, 4.69) is 133 Å². The van der Waals surface area contributed by atoms with Crippen LogP contribution < -0.4 is 0 Å². The zero-order valence-electron chi connectivity index (χ0n) is 20.7. The molecule has 0 radical (unpaired) electrons. The van der Waals surface area contributed by atoms with Crippen LogP contribution in [0.25, 0.3) is 86.9 Å². The van der Waals surface area contributed by atoms with Gasteiger partial charge in [0.15, 0.2) is 0 Å². The van der Waals surface area contributed by atoms with E-state index in [1.807, 2.05) is 0 Å². The number of hydrogen-bond acceptors (Lipinski definition) is 0. The fourth-order valence-corrected chi connectivity index (χ4v) is 6.82. The van der Waals surface area contributed by atoms with E-state index in [-0.39, 0.29) is 0 Å². The van der Waals surface area contributed by atoms with Crippen LogP contribution in [0.5, 0.6) is 0 Å². The summed E-state index contributed by atoms with van der Waals surface area (Å²) in [4.78, 5) is 0. The molecule has 0 amide bonds. The molecule has 0 atom stereocenters. The summed E-state index contributed by atoms with van der Waals surface area (Å²) >= 11 is 0. The van der Waals surface area contributed by atoms with Crippen LogP contribution in [0.3, 0.4) is 0 Å². The van der Waals surface area contributed by atoms with Gasteiger partial charge in [-0.05, 0) is 93.0 Å². The molecule has 9 aromatic rings. The van der Waals surface area contributed by atoms with Gasteiger partial charge in [0.05, 0.1) is 0 Å². The van der Waals surface area contributed by atoms with Crippen molar-refractivity contribution in [3.8, 4) is 22.3 Å². The van der Waals surface area contributed by atoms with Crippen LogP contribution >= 0.6 is 0 Å². The van der Waals surface area contributed by atoms with Crippen molar-refractivity contribution in [2.75, 3.05) is 0 Å². The highest BCUT2D eigenvalue weighted by Gasteiger charge is 2.14. The summed E-state index contributed by atoms with van der Waals surface area (Å²) in [6.07, 6.45) is 0. The van der Waals surface area contributed by atoms with Crippen LogP contribution in [0.1, 0.15) is 0 Å². The Morgan fingerprint density at radius 3 is 1.34 bits per heavy atom. The Hall–Kier alpha value is -4.94. The van der Waals surface area contributed by atoms with Crippen molar-refractivity contribution in [3.63, 3.8) is 0 Å². The predicted octanol–water partition coefficient (Wildman–Crippen LogP) is 10.8. The molecule has 0 N–H and O–H groups in total. The second kappa shape index (κ2) is 7.31. The van der Waals surface area contributed by atoms with Gasteiger partial charge in [0.2, 0.25) is 0 Å². The predicted molar refractivity (Wildman–Crippen MR) is 165 cm³/mol. The molecule has 0 saturated carbocycles. The van der Waals surface area contributed by atoms with Crippen molar-refractivity contribution in [2.24, 2.45) is 0 Å². The molecule has 0 aliphatic carbocycles. The van der Waals surface area contributed by atoms with Gasteiger partial charge in [0.25, 0.3) is 0 Å². The smallest absolute Gasteiger partial charge is 0.00206 e. The Morgan fingerprint density at radius 1 is 0.263 bits per heavy atom. The summed E-state index contributed by atoms with van der Waals surface area (Å²) in [7, 11) is 0. The van der Waals surface area contributed by atoms with Crippen molar-refractivity contribution in [1.82, 2.24) is 0 Å². The van der Waals surface area contributed by atoms with Gasteiger partial charge in [-0.3, -0.25) is 0 Å². The molecule has 0 aliphatic heterocycles. The van der Waals surface area contributed by atoms with Crippen LogP contribution in [-0.4, -0.2) is 0 Å². The molecule has 0 fully saturated rings. The Kier molecular flexibility index (Phi) is 3.88. The highest BCUT2D eigenvalue weighted by atomic mass is 14.2. The van der Waals surface area contributed by atoms with E-state index in [0.29, 0.717) is 0 Å². The van der Waals surface area contributed by atoms with Gasteiger partial charge in [0.1, 0.15) is 0 Å². The second-order valence-electron chi connectivity index (χ2n) is 10.5. The van der Waals surface area contributed by atoms with Gasteiger partial charge in [-0.1, -0.05) is 127 Å². The van der Waals surface area contributed by atoms with Crippen LogP contribution in [-0.2, 0) is 0 Å². The van der Waals surface area contributed by atoms with Crippen molar-refractivity contribution >= 4 is 64.6 Å². The van der Waals surface area contributed by atoms with Gasteiger partial charge in [-0.15, -0.1) is 0 Å². The average Bonchev–Trinajstić information content (AvgIpc) is 2.98. The highest BCUT2D eigenvalue weighted by molar-refractivity contribution is 6.27. The van der Waals surface area contributed by atoms with E-state index in [9.17, 15) is 0 Å². The Morgan fingerprint density at radius 2 is 0.684 bits per heavy atom. The highest BCUT2D eigenvalue weighted by Crippen LogP contribution is 2.42. The Balaban J connectivity index is 1.26. The molecule has 0 aliphatic rings. The maximum Gasteiger partial charge on any atom is -0.00206 e. The van der Waals surface area contributed by atoms with Gasteiger partial charge in [-0.25, -0.2) is 0 Å². The first-order valence-electron chi connectivity index (χ1n) is 13.3. The third kappa shape index (κ3) is 2.64. The van der Waals surface area contributed by atoms with E-state index in [4.69, 9.17) is 0 Å². The molecule has 38 heavy (non-hydrogen) atoms. The molecule has 0 aromatic heterocycles. The monoisotopic (exact) mass is 478 g/mol. The van der Waals surface area contributed by atoms with Crippen LogP contribution in [0, 0.1) is 0 Å². The van der Waals surface area contributed by atoms with E-state index in [1.54, 1.807) is 0 Å². The maximum atomic E-state index is 2.37. The van der Waals surface area contributed by atoms with E-state index in [1.165, 1.54) is 86.9 Å². The summed E-state index contributed by atoms with van der Waals surface area (Å²) in [5.41, 5.74) is 5.09. The molecule has 0 unspecified atom stereocenters. The van der Waals surface area contributed by atoms with Crippen LogP contribution in [0.15, 0.2) is 133 Å². The lowest BCUT2D eigenvalue weighted by molar-refractivity contribution is 1.64. The molecule has 0 heterocycles. The molecular formula is C38H22. The normalized spacial score (nSPS) is 12.2. The standard InChI is InChI=1S/C38H22/c1-4-25-15-17-29-18-20-31(33-21-19-27(5-1)35(25)38(29)33)23-10-12-24(13-11-23)34-22-30-8-2-6-26-14-16-28-7-3-9-32(34)37(28)36(26)30/h1-22H. The molecule has 0 saturated heterocycles. The first-order chi connectivity index (χ1) is 18.8. The quantitative estimate of drug-likeness (QED) is 0.217. The minimum absolute atomic E-state index is 1.25. The number of hydrogen-bond donors (Lipinski definition) is 0. The lowest BCUT2D eigenvalue weighted by Gasteiger charge is -2.16. The van der Waals surface area contributed by atoms with Gasteiger partial charge < -0.3 is 0 Å². The molecule has 0 spiro atoms. The minimum atomic E-state index is 1.25. The van der Waals surface area contributed by atoms with E-state index < -0.39 is 0 Å². The number of rotatable bonds is 2. The molecule has 0 bridgehead atoms. The van der Waals surface area contributed by atoms with Crippen LogP contribution in [0.4, 0.5) is 0 Å². The largest absolute Gasteiger partial charge is 0.0610 e. The SMILES string of the molecule is c1cc2ccc3ccc(-c4ccc(-c5cc6cccc7ccc8cccc5c8c76)cc4)c4ccc(c1)c2c34. The molecule has 174 valence electrons. The van der Waals surface area contributed by atoms with E-state index >= 15 is 0 Å². The van der Waals surface area contributed by atoms with Gasteiger partial charge in [-0.2, -0.15) is 0 Å². The zero-order valence-corrected chi connectivity index (χ0v) is 20.7. The zero-order chi connectivity index (χ0) is 24.8. The Labute approximate surface area is 220 Å². The fourth-order valence-electron chi connectivity index (χ4n) is 6.82. The third-order valence-electron chi connectivity index (χ3n) is 8.54. The maximum absolute atomic E-state index is 2.37. The average molecular weight is 479 g/mol.